The molecule has 1 aromatic carbocycles. The first kappa shape index (κ1) is 15.0. The number of rotatable bonds is 3. The van der Waals surface area contributed by atoms with Crippen molar-refractivity contribution in [1.29, 1.82) is 0 Å². The van der Waals surface area contributed by atoms with Crippen LogP contribution in [0.15, 0.2) is 29.1 Å². The van der Waals surface area contributed by atoms with Gasteiger partial charge in [-0.25, -0.2) is 17.7 Å². The molecule has 1 fully saturated rings. The van der Waals surface area contributed by atoms with Gasteiger partial charge in [0.2, 0.25) is 16.0 Å². The lowest BCUT2D eigenvalue weighted by Crippen LogP contribution is -2.42. The molecule has 0 radical (unpaired) electrons. The molecule has 1 aliphatic heterocycles. The topological polar surface area (TPSA) is 95.2 Å². The number of hydrogen-bond donors (Lipinski definition) is 2. The molecule has 2 heterocycles. The van der Waals surface area contributed by atoms with Crippen LogP contribution in [0.2, 0.25) is 0 Å². The van der Waals surface area contributed by atoms with Gasteiger partial charge in [-0.3, -0.25) is 9.78 Å². The fourth-order valence-corrected chi connectivity index (χ4v) is 3.55. The van der Waals surface area contributed by atoms with E-state index in [9.17, 15) is 13.2 Å². The smallest absolute Gasteiger partial charge is 0.260 e. The summed E-state index contributed by atoms with van der Waals surface area (Å²) in [5, 5.41) is 3.75. The summed E-state index contributed by atoms with van der Waals surface area (Å²) in [4.78, 5) is 19.1. The summed E-state index contributed by atoms with van der Waals surface area (Å²) < 4.78 is 24.5. The number of fused-ring (bicyclic) bond motifs is 1. The highest BCUT2D eigenvalue weighted by Gasteiger charge is 2.25. The minimum Gasteiger partial charge on any atom is -0.353 e. The standard InChI is InChI=1S/C14H18N4O3S/c1-22(20,21)18-8-6-10(7-9-18)15-14-16-12-5-3-2-4-11(12)13(19)17-14/h2-5,10H,6-9H2,1H3,(H2,15,16,17,19). The number of nitrogens with one attached hydrogen (secondary N) is 2. The number of para-hydroxylation sites is 1. The lowest BCUT2D eigenvalue weighted by molar-refractivity contribution is 0.331. The second-order valence-corrected chi connectivity index (χ2v) is 7.49. The van der Waals surface area contributed by atoms with Crippen LogP contribution >= 0.6 is 0 Å². The van der Waals surface area contributed by atoms with Crippen LogP contribution in [0.4, 0.5) is 5.95 Å². The Labute approximate surface area is 128 Å². The summed E-state index contributed by atoms with van der Waals surface area (Å²) in [5.74, 6) is 0.432. The SMILES string of the molecule is CS(=O)(=O)N1CCC(Nc2nc3ccccc3c(=O)[nH]2)CC1. The molecule has 0 saturated carbocycles. The number of H-pyrrole nitrogens is 1. The summed E-state index contributed by atoms with van der Waals surface area (Å²) in [7, 11) is -3.13. The predicted octanol–water partition coefficient (Wildman–Crippen LogP) is 0.759. The third kappa shape index (κ3) is 3.12. The highest BCUT2D eigenvalue weighted by atomic mass is 32.2. The van der Waals surface area contributed by atoms with Crippen molar-refractivity contribution >= 4 is 26.9 Å². The average molecular weight is 322 g/mol. The zero-order valence-electron chi connectivity index (χ0n) is 12.2. The predicted molar refractivity (Wildman–Crippen MR) is 85.4 cm³/mol. The molecule has 0 atom stereocenters. The van der Waals surface area contributed by atoms with Crippen molar-refractivity contribution in [2.24, 2.45) is 0 Å². The maximum atomic E-state index is 12.0. The van der Waals surface area contributed by atoms with Crippen molar-refractivity contribution in [3.05, 3.63) is 34.6 Å². The molecule has 2 aromatic rings. The number of benzene rings is 1. The van der Waals surface area contributed by atoms with E-state index >= 15 is 0 Å². The average Bonchev–Trinajstić information content (AvgIpc) is 2.47. The van der Waals surface area contributed by atoms with Gasteiger partial charge in [-0.2, -0.15) is 0 Å². The Morgan fingerprint density at radius 3 is 2.64 bits per heavy atom. The van der Waals surface area contributed by atoms with Crippen LogP contribution in [0.25, 0.3) is 10.9 Å². The molecule has 1 aliphatic rings. The summed E-state index contributed by atoms with van der Waals surface area (Å²) in [6.07, 6.45) is 2.59. The van der Waals surface area contributed by atoms with Crippen molar-refractivity contribution in [2.75, 3.05) is 24.7 Å². The molecule has 0 amide bonds. The van der Waals surface area contributed by atoms with Crippen molar-refractivity contribution in [2.45, 2.75) is 18.9 Å². The van der Waals surface area contributed by atoms with E-state index in [0.29, 0.717) is 42.8 Å². The maximum Gasteiger partial charge on any atom is 0.260 e. The van der Waals surface area contributed by atoms with E-state index in [-0.39, 0.29) is 11.6 Å². The van der Waals surface area contributed by atoms with E-state index in [1.54, 1.807) is 18.2 Å². The third-order valence-corrected chi connectivity index (χ3v) is 5.18. The number of hydrogen-bond acceptors (Lipinski definition) is 5. The minimum atomic E-state index is -3.13. The van der Waals surface area contributed by atoms with Crippen LogP contribution in [0.1, 0.15) is 12.8 Å². The van der Waals surface area contributed by atoms with Crippen LogP contribution in [0.5, 0.6) is 0 Å². The quantitative estimate of drug-likeness (QED) is 0.870. The van der Waals surface area contributed by atoms with Crippen LogP contribution < -0.4 is 10.9 Å². The number of aromatic amines is 1. The van der Waals surface area contributed by atoms with E-state index in [0.717, 1.165) is 0 Å². The molecule has 7 nitrogen and oxygen atoms in total. The van der Waals surface area contributed by atoms with Gasteiger partial charge in [-0.15, -0.1) is 0 Å². The zero-order valence-corrected chi connectivity index (χ0v) is 13.1. The zero-order chi connectivity index (χ0) is 15.7. The van der Waals surface area contributed by atoms with Crippen LogP contribution in [0, 0.1) is 0 Å². The van der Waals surface area contributed by atoms with Gasteiger partial charge in [0.25, 0.3) is 5.56 Å². The lowest BCUT2D eigenvalue weighted by Gasteiger charge is -2.30. The molecular weight excluding hydrogens is 304 g/mol. The number of piperidine rings is 1. The minimum absolute atomic E-state index is 0.0994. The summed E-state index contributed by atoms with van der Waals surface area (Å²) in [5.41, 5.74) is 0.462. The molecule has 22 heavy (non-hydrogen) atoms. The Kier molecular flexibility index (Phi) is 3.88. The van der Waals surface area contributed by atoms with Crippen LogP contribution in [-0.4, -0.2) is 48.1 Å². The first-order valence-corrected chi connectivity index (χ1v) is 8.99. The second-order valence-electron chi connectivity index (χ2n) is 5.51. The van der Waals surface area contributed by atoms with Crippen LogP contribution in [-0.2, 0) is 10.0 Å². The second kappa shape index (κ2) is 5.69. The Hall–Kier alpha value is -1.93. The molecule has 2 N–H and O–H groups in total. The first-order chi connectivity index (χ1) is 10.4. The monoisotopic (exact) mass is 322 g/mol. The number of nitrogens with zero attached hydrogens (tertiary/aromatic N) is 2. The largest absolute Gasteiger partial charge is 0.353 e. The van der Waals surface area contributed by atoms with Crippen LogP contribution in [0.3, 0.4) is 0 Å². The normalized spacial score (nSPS) is 17.7. The van der Waals surface area contributed by atoms with Gasteiger partial charge in [0, 0.05) is 19.1 Å². The molecule has 1 aromatic heterocycles. The molecule has 0 aliphatic carbocycles. The fourth-order valence-electron chi connectivity index (χ4n) is 2.68. The summed E-state index contributed by atoms with van der Waals surface area (Å²) in [6.45, 7) is 0.961. The molecule has 1 saturated heterocycles. The summed E-state index contributed by atoms with van der Waals surface area (Å²) >= 11 is 0. The van der Waals surface area contributed by atoms with E-state index in [1.165, 1.54) is 10.6 Å². The Morgan fingerprint density at radius 1 is 1.27 bits per heavy atom. The van der Waals surface area contributed by atoms with Crippen molar-refractivity contribution < 1.29 is 8.42 Å². The highest BCUT2D eigenvalue weighted by molar-refractivity contribution is 7.88. The van der Waals surface area contributed by atoms with Crippen molar-refractivity contribution in [3.63, 3.8) is 0 Å². The maximum absolute atomic E-state index is 12.0. The van der Waals surface area contributed by atoms with E-state index in [4.69, 9.17) is 0 Å². The summed E-state index contributed by atoms with van der Waals surface area (Å²) in [6, 6.07) is 7.26. The van der Waals surface area contributed by atoms with Gasteiger partial charge in [0.05, 0.1) is 17.2 Å². The third-order valence-electron chi connectivity index (χ3n) is 3.88. The number of sulfonamides is 1. The Balaban J connectivity index is 1.74. The van der Waals surface area contributed by atoms with E-state index in [2.05, 4.69) is 15.3 Å². The molecule has 0 bridgehead atoms. The Morgan fingerprint density at radius 2 is 1.95 bits per heavy atom. The molecular formula is C14H18N4O3S. The molecule has 0 spiro atoms. The van der Waals surface area contributed by atoms with Gasteiger partial charge in [0.1, 0.15) is 0 Å². The van der Waals surface area contributed by atoms with E-state index in [1.807, 2.05) is 6.07 Å². The van der Waals surface area contributed by atoms with Gasteiger partial charge < -0.3 is 5.32 Å². The number of anilines is 1. The van der Waals surface area contributed by atoms with Gasteiger partial charge >= 0.3 is 0 Å². The van der Waals surface area contributed by atoms with Crippen molar-refractivity contribution in [1.82, 2.24) is 14.3 Å². The fraction of sp³-hybridized carbons (Fsp3) is 0.429. The van der Waals surface area contributed by atoms with Gasteiger partial charge in [0.15, 0.2) is 0 Å². The molecule has 3 rings (SSSR count). The van der Waals surface area contributed by atoms with Gasteiger partial charge in [-0.1, -0.05) is 12.1 Å². The molecule has 0 unspecified atom stereocenters. The molecule has 118 valence electrons. The highest BCUT2D eigenvalue weighted by Crippen LogP contribution is 2.16. The Bertz CT molecular complexity index is 839. The number of aromatic nitrogens is 2. The lowest BCUT2D eigenvalue weighted by atomic mass is 10.1. The van der Waals surface area contributed by atoms with Crippen molar-refractivity contribution in [3.8, 4) is 0 Å². The molecule has 8 heteroatoms. The van der Waals surface area contributed by atoms with E-state index < -0.39 is 10.0 Å². The first-order valence-electron chi connectivity index (χ1n) is 7.14. The van der Waals surface area contributed by atoms with Gasteiger partial charge in [-0.05, 0) is 25.0 Å².